The highest BCUT2D eigenvalue weighted by Gasteiger charge is 2.11. The molecule has 0 aromatic heterocycles. The van der Waals surface area contributed by atoms with E-state index in [0.717, 1.165) is 33.2 Å². The Hall–Kier alpha value is -3.86. The van der Waals surface area contributed by atoms with Crippen molar-refractivity contribution in [1.29, 1.82) is 0 Å². The quantitative estimate of drug-likeness (QED) is 0.293. The molecule has 132 valence electrons. The van der Waals surface area contributed by atoms with Gasteiger partial charge in [0.1, 0.15) is 11.5 Å². The minimum atomic E-state index is -0.562. The molecule has 4 rings (SSSR count). The van der Waals surface area contributed by atoms with Crippen LogP contribution in [-0.2, 0) is 0 Å². The summed E-state index contributed by atoms with van der Waals surface area (Å²) in [5, 5.41) is 27.4. The van der Waals surface area contributed by atoms with E-state index in [1.165, 1.54) is 12.1 Å². The molecule has 5 heteroatoms. The number of aromatic hydroxyl groups is 2. The molecular weight excluding hydrogens is 340 g/mol. The fourth-order valence-corrected chi connectivity index (χ4v) is 3.12. The van der Waals surface area contributed by atoms with Gasteiger partial charge in [0, 0.05) is 11.6 Å². The van der Waals surface area contributed by atoms with Gasteiger partial charge < -0.3 is 10.2 Å². The average molecular weight is 356 g/mol. The van der Waals surface area contributed by atoms with Crippen LogP contribution < -0.4 is 5.43 Å². The first-order chi connectivity index (χ1) is 13.1. The zero-order valence-electron chi connectivity index (χ0n) is 14.3. The van der Waals surface area contributed by atoms with E-state index in [1.807, 2.05) is 48.5 Å². The predicted molar refractivity (Wildman–Crippen MR) is 106 cm³/mol. The molecule has 27 heavy (non-hydrogen) atoms. The number of rotatable bonds is 3. The zero-order chi connectivity index (χ0) is 18.8. The second-order valence-electron chi connectivity index (χ2n) is 6.13. The molecule has 0 saturated heterocycles. The monoisotopic (exact) mass is 356 g/mol. The van der Waals surface area contributed by atoms with Crippen LogP contribution in [-0.4, -0.2) is 22.3 Å². The highest BCUT2D eigenvalue weighted by atomic mass is 16.3. The number of fused-ring (bicyclic) bond motifs is 2. The summed E-state index contributed by atoms with van der Waals surface area (Å²) < 4.78 is 0. The average Bonchev–Trinajstić information content (AvgIpc) is 2.67. The molecule has 0 saturated carbocycles. The Balaban J connectivity index is 1.70. The van der Waals surface area contributed by atoms with E-state index >= 15 is 0 Å². The second-order valence-corrected chi connectivity index (χ2v) is 6.13. The number of nitrogens with one attached hydrogen (secondary N) is 1. The van der Waals surface area contributed by atoms with E-state index in [4.69, 9.17) is 0 Å². The first-order valence-corrected chi connectivity index (χ1v) is 8.39. The largest absolute Gasteiger partial charge is 0.508 e. The van der Waals surface area contributed by atoms with Crippen molar-refractivity contribution in [3.05, 3.63) is 83.9 Å². The van der Waals surface area contributed by atoms with Crippen LogP contribution in [0, 0.1) is 0 Å². The first kappa shape index (κ1) is 16.6. The number of nitrogens with zero attached hydrogens (tertiary/aromatic N) is 1. The van der Waals surface area contributed by atoms with Crippen molar-refractivity contribution < 1.29 is 15.0 Å². The molecule has 0 spiro atoms. The normalized spacial score (nSPS) is 11.3. The smallest absolute Gasteiger partial charge is 0.275 e. The fraction of sp³-hybridized carbons (Fsp3) is 0. The Bertz CT molecular complexity index is 1140. The fourth-order valence-electron chi connectivity index (χ4n) is 3.12. The maximum Gasteiger partial charge on any atom is 0.275 e. The van der Waals surface area contributed by atoms with Crippen molar-refractivity contribution >= 4 is 33.7 Å². The summed E-state index contributed by atoms with van der Waals surface area (Å²) in [6.45, 7) is 0. The van der Waals surface area contributed by atoms with Crippen LogP contribution in [0.5, 0.6) is 11.5 Å². The summed E-state index contributed by atoms with van der Waals surface area (Å²) >= 11 is 0. The lowest BCUT2D eigenvalue weighted by molar-refractivity contribution is 0.0952. The summed E-state index contributed by atoms with van der Waals surface area (Å²) in [5.41, 5.74) is 3.36. The van der Waals surface area contributed by atoms with Gasteiger partial charge in [0.2, 0.25) is 0 Å². The summed E-state index contributed by atoms with van der Waals surface area (Å²) in [5.74, 6) is -0.985. The molecule has 1 amide bonds. The van der Waals surface area contributed by atoms with Crippen LogP contribution in [0.3, 0.4) is 0 Å². The lowest BCUT2D eigenvalue weighted by Crippen LogP contribution is -2.17. The highest BCUT2D eigenvalue weighted by molar-refractivity contribution is 6.13. The Labute approximate surface area is 155 Å². The van der Waals surface area contributed by atoms with Gasteiger partial charge in [-0.2, -0.15) is 5.10 Å². The van der Waals surface area contributed by atoms with Gasteiger partial charge in [-0.05, 0) is 39.7 Å². The van der Waals surface area contributed by atoms with Crippen molar-refractivity contribution in [1.82, 2.24) is 5.43 Å². The number of hydrogen-bond acceptors (Lipinski definition) is 4. The lowest BCUT2D eigenvalue weighted by atomic mass is 9.97. The molecule has 4 aromatic carbocycles. The molecule has 4 aromatic rings. The van der Waals surface area contributed by atoms with Crippen LogP contribution in [0.2, 0.25) is 0 Å². The molecule has 0 atom stereocenters. The molecule has 0 radical (unpaired) electrons. The molecule has 0 aliphatic heterocycles. The molecule has 0 aliphatic carbocycles. The molecule has 0 fully saturated rings. The minimum absolute atomic E-state index is 0.0349. The molecule has 0 heterocycles. The summed E-state index contributed by atoms with van der Waals surface area (Å²) in [7, 11) is 0. The molecule has 3 N–H and O–H groups in total. The number of benzene rings is 4. The second kappa shape index (κ2) is 6.80. The van der Waals surface area contributed by atoms with Gasteiger partial charge in [-0.15, -0.1) is 0 Å². The third-order valence-corrected chi connectivity index (χ3v) is 4.40. The molecule has 5 nitrogen and oxygen atoms in total. The first-order valence-electron chi connectivity index (χ1n) is 8.39. The number of amides is 1. The van der Waals surface area contributed by atoms with E-state index in [0.29, 0.717) is 0 Å². The maximum atomic E-state index is 12.2. The van der Waals surface area contributed by atoms with Gasteiger partial charge in [-0.1, -0.05) is 48.5 Å². The van der Waals surface area contributed by atoms with Crippen molar-refractivity contribution in [2.24, 2.45) is 5.10 Å². The number of phenols is 2. The topological polar surface area (TPSA) is 81.9 Å². The van der Waals surface area contributed by atoms with Crippen LogP contribution in [0.15, 0.2) is 77.9 Å². The van der Waals surface area contributed by atoms with E-state index in [2.05, 4.69) is 16.6 Å². The van der Waals surface area contributed by atoms with Crippen molar-refractivity contribution in [2.45, 2.75) is 0 Å². The number of carbonyl (C=O) groups excluding carboxylic acids is 1. The number of carbonyl (C=O) groups is 1. The minimum Gasteiger partial charge on any atom is -0.508 e. The maximum absolute atomic E-state index is 12.2. The number of hydrogen-bond donors (Lipinski definition) is 3. The van der Waals surface area contributed by atoms with Gasteiger partial charge in [0.25, 0.3) is 5.91 Å². The summed E-state index contributed by atoms with van der Waals surface area (Å²) in [6, 6.07) is 21.9. The van der Waals surface area contributed by atoms with Crippen LogP contribution in [0.1, 0.15) is 15.9 Å². The van der Waals surface area contributed by atoms with E-state index in [1.54, 1.807) is 6.21 Å². The summed E-state index contributed by atoms with van der Waals surface area (Å²) in [6.07, 6.45) is 1.61. The number of hydrazone groups is 1. The van der Waals surface area contributed by atoms with Crippen molar-refractivity contribution in [3.63, 3.8) is 0 Å². The Morgan fingerprint density at radius 1 is 0.852 bits per heavy atom. The number of phenolic OH excluding ortho intramolecular Hbond substituents is 2. The third-order valence-electron chi connectivity index (χ3n) is 4.40. The molecule has 0 bridgehead atoms. The molecule has 0 unspecified atom stereocenters. The van der Waals surface area contributed by atoms with Crippen molar-refractivity contribution in [3.8, 4) is 11.5 Å². The highest BCUT2D eigenvalue weighted by Crippen LogP contribution is 2.27. The van der Waals surface area contributed by atoms with Crippen molar-refractivity contribution in [2.75, 3.05) is 0 Å². The molecular formula is C22H16N2O3. The van der Waals surface area contributed by atoms with Crippen LogP contribution in [0.4, 0.5) is 0 Å². The lowest BCUT2D eigenvalue weighted by Gasteiger charge is -2.08. The Kier molecular flexibility index (Phi) is 4.18. The zero-order valence-corrected chi connectivity index (χ0v) is 14.3. The van der Waals surface area contributed by atoms with E-state index < -0.39 is 5.91 Å². The van der Waals surface area contributed by atoms with Crippen LogP contribution >= 0.6 is 0 Å². The van der Waals surface area contributed by atoms with Gasteiger partial charge in [0.15, 0.2) is 0 Å². The van der Waals surface area contributed by atoms with Gasteiger partial charge in [-0.3, -0.25) is 4.79 Å². The van der Waals surface area contributed by atoms with Crippen LogP contribution in [0.25, 0.3) is 21.5 Å². The summed E-state index contributed by atoms with van der Waals surface area (Å²) in [4.78, 5) is 12.2. The van der Waals surface area contributed by atoms with Gasteiger partial charge in [-0.25, -0.2) is 5.43 Å². The third kappa shape index (κ3) is 3.18. The van der Waals surface area contributed by atoms with Gasteiger partial charge in [0.05, 0.1) is 11.8 Å². The predicted octanol–water partition coefficient (Wildman–Crippen LogP) is 4.17. The van der Waals surface area contributed by atoms with E-state index in [9.17, 15) is 15.0 Å². The Morgan fingerprint density at radius 3 is 2.11 bits per heavy atom. The van der Waals surface area contributed by atoms with Gasteiger partial charge >= 0.3 is 0 Å². The standard InChI is InChI=1S/C22H16N2O3/c25-16-9-10-19(21(26)12-16)22(27)24-23-13-20-17-7-3-1-5-14(17)11-15-6-2-4-8-18(15)20/h1-13,25-26H,(H,24,27)/b23-13+. The Morgan fingerprint density at radius 2 is 1.48 bits per heavy atom. The SMILES string of the molecule is O=C(N/N=C/c1c2ccccc2cc2ccccc12)c1ccc(O)cc1O. The molecule has 0 aliphatic rings. The van der Waals surface area contributed by atoms with E-state index in [-0.39, 0.29) is 17.1 Å².